The molecule has 1 amide bonds. The van der Waals surface area contributed by atoms with Crippen LogP contribution >= 0.6 is 0 Å². The van der Waals surface area contributed by atoms with Crippen LogP contribution in [0.15, 0.2) is 53.3 Å². The number of methoxy groups -OCH3 is 1. The number of nitrogens with zero attached hydrogens (tertiary/aromatic N) is 4. The SMILES string of the molecule is CCn1c(C(C)N(CCCOC)C(=O)c2cccc([N+](=O)[O-])c2)nc2ccccc2c1=O. The summed E-state index contributed by atoms with van der Waals surface area (Å²) in [6.07, 6.45) is 0.561. The van der Waals surface area contributed by atoms with Gasteiger partial charge in [-0.1, -0.05) is 18.2 Å². The summed E-state index contributed by atoms with van der Waals surface area (Å²) in [6, 6.07) is 12.2. The van der Waals surface area contributed by atoms with E-state index in [1.807, 2.05) is 19.9 Å². The van der Waals surface area contributed by atoms with E-state index in [9.17, 15) is 19.7 Å². The van der Waals surface area contributed by atoms with Crippen molar-refractivity contribution in [3.8, 4) is 0 Å². The summed E-state index contributed by atoms with van der Waals surface area (Å²) in [5, 5.41) is 11.7. The molecule has 9 nitrogen and oxygen atoms in total. The fourth-order valence-corrected chi connectivity index (χ4v) is 3.72. The van der Waals surface area contributed by atoms with Crippen LogP contribution in [0, 0.1) is 10.1 Å². The number of rotatable bonds is 9. The number of nitro benzene ring substituents is 1. The van der Waals surface area contributed by atoms with E-state index in [1.54, 1.807) is 40.8 Å². The zero-order chi connectivity index (χ0) is 23.3. The van der Waals surface area contributed by atoms with Crippen molar-refractivity contribution in [3.63, 3.8) is 0 Å². The second kappa shape index (κ2) is 10.1. The molecule has 32 heavy (non-hydrogen) atoms. The van der Waals surface area contributed by atoms with Crippen molar-refractivity contribution in [2.75, 3.05) is 20.3 Å². The first-order valence-corrected chi connectivity index (χ1v) is 10.4. The van der Waals surface area contributed by atoms with Gasteiger partial charge in [-0.05, 0) is 38.5 Å². The maximum Gasteiger partial charge on any atom is 0.270 e. The normalized spacial score (nSPS) is 12.0. The average molecular weight is 438 g/mol. The third kappa shape index (κ3) is 4.67. The number of nitro groups is 1. The van der Waals surface area contributed by atoms with Gasteiger partial charge in [0.1, 0.15) is 5.82 Å². The molecular formula is C23H26N4O5. The second-order valence-corrected chi connectivity index (χ2v) is 7.36. The molecule has 0 aliphatic heterocycles. The van der Waals surface area contributed by atoms with E-state index in [2.05, 4.69) is 0 Å². The first-order valence-electron chi connectivity index (χ1n) is 10.4. The highest BCUT2D eigenvalue weighted by Crippen LogP contribution is 2.24. The smallest absolute Gasteiger partial charge is 0.270 e. The predicted molar refractivity (Wildman–Crippen MR) is 121 cm³/mol. The molecule has 0 N–H and O–H groups in total. The summed E-state index contributed by atoms with van der Waals surface area (Å²) >= 11 is 0. The Morgan fingerprint density at radius 3 is 2.69 bits per heavy atom. The highest BCUT2D eigenvalue weighted by molar-refractivity contribution is 5.95. The molecule has 2 aromatic carbocycles. The molecule has 0 saturated carbocycles. The molecule has 1 aromatic heterocycles. The molecule has 0 radical (unpaired) electrons. The standard InChI is InChI=1S/C23H26N4O5/c1-4-25-21(24-20-12-6-5-11-19(20)23(25)29)16(2)26(13-8-14-32-3)22(28)17-9-7-10-18(15-17)27(30)31/h5-7,9-12,15-16H,4,8,13-14H2,1-3H3. The van der Waals surface area contributed by atoms with Crippen LogP contribution in [-0.2, 0) is 11.3 Å². The predicted octanol–water partition coefficient (Wildman–Crippen LogP) is 3.56. The molecule has 0 bridgehead atoms. The van der Waals surface area contributed by atoms with Gasteiger partial charge in [-0.2, -0.15) is 0 Å². The first-order chi connectivity index (χ1) is 15.4. The lowest BCUT2D eigenvalue weighted by Crippen LogP contribution is -2.38. The molecule has 0 aliphatic carbocycles. The van der Waals surface area contributed by atoms with E-state index in [0.717, 1.165) is 0 Å². The largest absolute Gasteiger partial charge is 0.385 e. The van der Waals surface area contributed by atoms with E-state index in [0.29, 0.717) is 42.8 Å². The van der Waals surface area contributed by atoms with Crippen LogP contribution in [0.3, 0.4) is 0 Å². The van der Waals surface area contributed by atoms with Crippen molar-refractivity contribution < 1.29 is 14.5 Å². The number of benzene rings is 2. The zero-order valence-corrected chi connectivity index (χ0v) is 18.4. The van der Waals surface area contributed by atoms with Crippen molar-refractivity contribution in [3.05, 3.63) is 80.4 Å². The lowest BCUT2D eigenvalue weighted by atomic mass is 10.1. The van der Waals surface area contributed by atoms with E-state index >= 15 is 0 Å². The van der Waals surface area contributed by atoms with Crippen molar-refractivity contribution in [2.45, 2.75) is 32.9 Å². The number of aromatic nitrogens is 2. The Kier molecular flexibility index (Phi) is 7.32. The van der Waals surface area contributed by atoms with E-state index in [-0.39, 0.29) is 22.7 Å². The number of amides is 1. The van der Waals surface area contributed by atoms with Crippen molar-refractivity contribution in [1.29, 1.82) is 0 Å². The summed E-state index contributed by atoms with van der Waals surface area (Å²) in [6.45, 7) is 4.84. The fraction of sp³-hybridized carbons (Fsp3) is 0.348. The molecule has 1 heterocycles. The van der Waals surface area contributed by atoms with Gasteiger partial charge >= 0.3 is 0 Å². The van der Waals surface area contributed by atoms with Gasteiger partial charge in [0.05, 0.1) is 21.9 Å². The Bertz CT molecular complexity index is 1190. The second-order valence-electron chi connectivity index (χ2n) is 7.36. The summed E-state index contributed by atoms with van der Waals surface area (Å²) in [5.74, 6) is 0.0924. The summed E-state index contributed by atoms with van der Waals surface area (Å²) in [5.41, 5.74) is 0.438. The third-order valence-corrected chi connectivity index (χ3v) is 5.36. The lowest BCUT2D eigenvalue weighted by molar-refractivity contribution is -0.384. The minimum atomic E-state index is -0.545. The number of para-hydroxylation sites is 1. The minimum Gasteiger partial charge on any atom is -0.385 e. The Morgan fingerprint density at radius 2 is 2.00 bits per heavy atom. The topological polar surface area (TPSA) is 108 Å². The van der Waals surface area contributed by atoms with Crippen LogP contribution in [0.2, 0.25) is 0 Å². The maximum absolute atomic E-state index is 13.4. The number of fused-ring (bicyclic) bond motifs is 1. The van der Waals surface area contributed by atoms with Crippen LogP contribution in [0.5, 0.6) is 0 Å². The number of hydrogen-bond donors (Lipinski definition) is 0. The van der Waals surface area contributed by atoms with E-state index < -0.39 is 11.0 Å². The van der Waals surface area contributed by atoms with Crippen LogP contribution in [0.4, 0.5) is 5.69 Å². The quantitative estimate of drug-likeness (QED) is 0.287. The van der Waals surface area contributed by atoms with Crippen molar-refractivity contribution in [1.82, 2.24) is 14.5 Å². The van der Waals surface area contributed by atoms with Gasteiger partial charge in [0.2, 0.25) is 0 Å². The van der Waals surface area contributed by atoms with Crippen molar-refractivity contribution in [2.24, 2.45) is 0 Å². The molecule has 168 valence electrons. The average Bonchev–Trinajstić information content (AvgIpc) is 2.81. The summed E-state index contributed by atoms with van der Waals surface area (Å²) < 4.78 is 6.70. The number of carbonyl (C=O) groups excluding carboxylic acids is 1. The van der Waals surface area contributed by atoms with Crippen LogP contribution < -0.4 is 5.56 Å². The minimum absolute atomic E-state index is 0.158. The maximum atomic E-state index is 13.4. The van der Waals surface area contributed by atoms with Crippen LogP contribution in [0.25, 0.3) is 10.9 Å². The highest BCUT2D eigenvalue weighted by atomic mass is 16.6. The van der Waals surface area contributed by atoms with Gasteiger partial charge in [-0.15, -0.1) is 0 Å². The van der Waals surface area contributed by atoms with E-state index in [1.165, 1.54) is 18.2 Å². The Labute approximate surface area is 185 Å². The lowest BCUT2D eigenvalue weighted by Gasteiger charge is -2.30. The van der Waals surface area contributed by atoms with Gasteiger partial charge in [-0.25, -0.2) is 4.98 Å². The highest BCUT2D eigenvalue weighted by Gasteiger charge is 2.27. The number of non-ortho nitro benzene ring substituents is 1. The molecule has 3 rings (SSSR count). The number of hydrogen-bond acceptors (Lipinski definition) is 6. The van der Waals surface area contributed by atoms with Crippen LogP contribution in [0.1, 0.15) is 42.5 Å². The molecule has 0 fully saturated rings. The Morgan fingerprint density at radius 1 is 1.25 bits per heavy atom. The van der Waals surface area contributed by atoms with Crippen LogP contribution in [-0.4, -0.2) is 45.5 Å². The molecule has 0 aliphatic rings. The molecule has 1 unspecified atom stereocenters. The number of ether oxygens (including phenoxy) is 1. The van der Waals surface area contributed by atoms with Gasteiger partial charge in [-0.3, -0.25) is 24.3 Å². The van der Waals surface area contributed by atoms with Gasteiger partial charge in [0.25, 0.3) is 17.2 Å². The molecule has 9 heteroatoms. The molecule has 0 spiro atoms. The zero-order valence-electron chi connectivity index (χ0n) is 18.4. The Hall–Kier alpha value is -3.59. The molecule has 1 atom stereocenters. The van der Waals surface area contributed by atoms with Gasteiger partial charge < -0.3 is 9.64 Å². The monoisotopic (exact) mass is 438 g/mol. The molecule has 0 saturated heterocycles. The molecule has 3 aromatic rings. The Balaban J connectivity index is 2.07. The summed E-state index contributed by atoms with van der Waals surface area (Å²) in [4.78, 5) is 43.4. The summed E-state index contributed by atoms with van der Waals surface area (Å²) in [7, 11) is 1.58. The van der Waals surface area contributed by atoms with E-state index in [4.69, 9.17) is 9.72 Å². The van der Waals surface area contributed by atoms with Crippen molar-refractivity contribution >= 4 is 22.5 Å². The van der Waals surface area contributed by atoms with Gasteiger partial charge in [0.15, 0.2) is 0 Å². The van der Waals surface area contributed by atoms with Gasteiger partial charge in [0, 0.05) is 44.5 Å². The first kappa shape index (κ1) is 23.1. The molecular weight excluding hydrogens is 412 g/mol. The number of carbonyl (C=O) groups is 1. The fourth-order valence-electron chi connectivity index (χ4n) is 3.72. The third-order valence-electron chi connectivity index (χ3n) is 5.36.